The van der Waals surface area contributed by atoms with Gasteiger partial charge in [0.25, 0.3) is 0 Å². The predicted octanol–water partition coefficient (Wildman–Crippen LogP) is 2.32. The first-order valence-corrected chi connectivity index (χ1v) is 8.36. The molecule has 0 fully saturated rings. The molecular weight excluding hydrogens is 180 g/mol. The van der Waals surface area contributed by atoms with Crippen LogP contribution in [-0.4, -0.2) is 32.0 Å². The van der Waals surface area contributed by atoms with Crippen LogP contribution in [0.4, 0.5) is 0 Å². The summed E-state index contributed by atoms with van der Waals surface area (Å²) in [6.07, 6.45) is 0. The zero-order chi connectivity index (χ0) is 10.7. The van der Waals surface area contributed by atoms with Crippen molar-refractivity contribution >= 4 is 8.07 Å². The van der Waals surface area contributed by atoms with Gasteiger partial charge in [0, 0.05) is 18.8 Å². The van der Waals surface area contributed by atoms with Gasteiger partial charge in [-0.2, -0.15) is 0 Å². The summed E-state index contributed by atoms with van der Waals surface area (Å²) < 4.78 is 5.31. The molecule has 0 saturated carbocycles. The molecule has 1 unspecified atom stereocenters. The van der Waals surface area contributed by atoms with Crippen molar-refractivity contribution in [3.8, 4) is 0 Å². The molecule has 0 aromatic carbocycles. The Hall–Kier alpha value is 0.137. The summed E-state index contributed by atoms with van der Waals surface area (Å²) in [6.45, 7) is 15.2. The largest absolute Gasteiger partial charge is 0.390 e. The molecular formula is C10H23O2Si. The molecule has 0 saturated heterocycles. The van der Waals surface area contributed by atoms with Crippen molar-refractivity contribution in [2.45, 2.75) is 44.6 Å². The lowest BCUT2D eigenvalue weighted by atomic mass is 10.1. The maximum Gasteiger partial charge on any atom is 0.0617 e. The summed E-state index contributed by atoms with van der Waals surface area (Å²) in [5, 5.41) is 9.97. The standard InChI is InChI=1S/C10H23O2Si/c1-7-12-8-9(10(2,3)11)13(4,5)6/h9,11H,1,7-8H2,2-6H3. The van der Waals surface area contributed by atoms with E-state index in [0.29, 0.717) is 13.2 Å². The van der Waals surface area contributed by atoms with Crippen LogP contribution < -0.4 is 0 Å². The molecule has 0 spiro atoms. The fourth-order valence-electron chi connectivity index (χ4n) is 1.71. The molecule has 2 nitrogen and oxygen atoms in total. The highest BCUT2D eigenvalue weighted by molar-refractivity contribution is 6.77. The molecule has 1 radical (unpaired) electrons. The summed E-state index contributed by atoms with van der Waals surface area (Å²) in [4.78, 5) is 0. The van der Waals surface area contributed by atoms with E-state index in [9.17, 15) is 5.11 Å². The van der Waals surface area contributed by atoms with Crippen LogP contribution in [0.15, 0.2) is 0 Å². The molecule has 0 aromatic heterocycles. The first-order valence-electron chi connectivity index (χ1n) is 4.79. The number of rotatable bonds is 5. The lowest BCUT2D eigenvalue weighted by Crippen LogP contribution is -2.44. The zero-order valence-corrected chi connectivity index (χ0v) is 10.6. The third-order valence-corrected chi connectivity index (χ3v) is 5.29. The minimum absolute atomic E-state index is 0.266. The van der Waals surface area contributed by atoms with E-state index in [1.54, 1.807) is 0 Å². The smallest absolute Gasteiger partial charge is 0.0617 e. The number of ether oxygens (including phenoxy) is 1. The zero-order valence-electron chi connectivity index (χ0n) is 9.55. The Morgan fingerprint density at radius 1 is 1.38 bits per heavy atom. The van der Waals surface area contributed by atoms with Crippen LogP contribution in [0, 0.1) is 6.92 Å². The number of hydrogen-bond donors (Lipinski definition) is 1. The Morgan fingerprint density at radius 2 is 1.85 bits per heavy atom. The normalized spacial score (nSPS) is 15.9. The van der Waals surface area contributed by atoms with Gasteiger partial charge in [-0.15, -0.1) is 0 Å². The average Bonchev–Trinajstić information content (AvgIpc) is 1.81. The van der Waals surface area contributed by atoms with Gasteiger partial charge in [0.05, 0.1) is 13.7 Å². The second kappa shape index (κ2) is 4.58. The van der Waals surface area contributed by atoms with Crippen molar-refractivity contribution in [3.05, 3.63) is 6.92 Å². The Morgan fingerprint density at radius 3 is 2.08 bits per heavy atom. The molecule has 0 aliphatic heterocycles. The van der Waals surface area contributed by atoms with E-state index in [4.69, 9.17) is 4.74 Å². The van der Waals surface area contributed by atoms with E-state index >= 15 is 0 Å². The lowest BCUT2D eigenvalue weighted by molar-refractivity contribution is 0.0318. The molecule has 79 valence electrons. The molecule has 0 bridgehead atoms. The molecule has 13 heavy (non-hydrogen) atoms. The topological polar surface area (TPSA) is 29.5 Å². The van der Waals surface area contributed by atoms with E-state index < -0.39 is 13.7 Å². The van der Waals surface area contributed by atoms with Crippen molar-refractivity contribution in [1.82, 2.24) is 0 Å². The SMILES string of the molecule is [CH2]COCC(C(C)(C)O)[Si](C)(C)C. The quantitative estimate of drug-likeness (QED) is 0.695. The Bertz CT molecular complexity index is 130. The van der Waals surface area contributed by atoms with Crippen molar-refractivity contribution < 1.29 is 9.84 Å². The molecule has 0 rings (SSSR count). The van der Waals surface area contributed by atoms with Crippen molar-refractivity contribution in [3.63, 3.8) is 0 Å². The van der Waals surface area contributed by atoms with Crippen LogP contribution in [0.5, 0.6) is 0 Å². The van der Waals surface area contributed by atoms with Crippen molar-refractivity contribution in [2.75, 3.05) is 13.2 Å². The Kier molecular flexibility index (Phi) is 4.62. The summed E-state index contributed by atoms with van der Waals surface area (Å²) in [5.41, 5.74) is -0.374. The Balaban J connectivity index is 4.39. The van der Waals surface area contributed by atoms with E-state index in [-0.39, 0.29) is 5.54 Å². The highest BCUT2D eigenvalue weighted by Gasteiger charge is 2.37. The van der Waals surface area contributed by atoms with Crippen LogP contribution in [0.1, 0.15) is 13.8 Å². The summed E-state index contributed by atoms with van der Waals surface area (Å²) >= 11 is 0. The molecule has 0 aliphatic carbocycles. The maximum atomic E-state index is 9.97. The third kappa shape index (κ3) is 4.79. The number of aliphatic hydroxyl groups is 1. The molecule has 0 amide bonds. The average molecular weight is 203 g/mol. The third-order valence-electron chi connectivity index (χ3n) is 2.33. The molecule has 0 heterocycles. The van der Waals surface area contributed by atoms with Crippen LogP contribution >= 0.6 is 0 Å². The highest BCUT2D eigenvalue weighted by Crippen LogP contribution is 2.33. The molecule has 0 aliphatic rings. The van der Waals surface area contributed by atoms with E-state index in [0.717, 1.165) is 0 Å². The second-order valence-electron chi connectivity index (χ2n) is 5.15. The summed E-state index contributed by atoms with van der Waals surface area (Å²) in [7, 11) is -1.36. The first-order chi connectivity index (χ1) is 5.69. The van der Waals surface area contributed by atoms with E-state index in [1.807, 2.05) is 13.8 Å². The minimum Gasteiger partial charge on any atom is -0.390 e. The van der Waals surface area contributed by atoms with Gasteiger partial charge in [-0.3, -0.25) is 0 Å². The van der Waals surface area contributed by atoms with E-state index in [2.05, 4.69) is 26.6 Å². The van der Waals surface area contributed by atoms with Gasteiger partial charge >= 0.3 is 0 Å². The van der Waals surface area contributed by atoms with Gasteiger partial charge in [-0.05, 0) is 20.8 Å². The predicted molar refractivity (Wildman–Crippen MR) is 59.6 cm³/mol. The van der Waals surface area contributed by atoms with Crippen molar-refractivity contribution in [1.29, 1.82) is 0 Å². The second-order valence-corrected chi connectivity index (χ2v) is 10.6. The van der Waals surface area contributed by atoms with Gasteiger partial charge in [-0.1, -0.05) is 19.6 Å². The fraction of sp³-hybridized carbons (Fsp3) is 0.900. The van der Waals surface area contributed by atoms with Crippen LogP contribution in [0.2, 0.25) is 25.2 Å². The van der Waals surface area contributed by atoms with Gasteiger partial charge in [0.1, 0.15) is 0 Å². The maximum absolute atomic E-state index is 9.97. The highest BCUT2D eigenvalue weighted by atomic mass is 28.3. The molecule has 1 atom stereocenters. The summed E-state index contributed by atoms with van der Waals surface area (Å²) in [5.74, 6) is 0. The Labute approximate surface area is 83.3 Å². The van der Waals surface area contributed by atoms with Gasteiger partial charge in [-0.25, -0.2) is 0 Å². The van der Waals surface area contributed by atoms with Crippen LogP contribution in [0.3, 0.4) is 0 Å². The van der Waals surface area contributed by atoms with Crippen LogP contribution in [-0.2, 0) is 4.74 Å². The first kappa shape index (κ1) is 13.1. The van der Waals surface area contributed by atoms with Crippen LogP contribution in [0.25, 0.3) is 0 Å². The fourth-order valence-corrected chi connectivity index (χ4v) is 4.45. The minimum atomic E-state index is -1.36. The van der Waals surface area contributed by atoms with Gasteiger partial charge in [0.2, 0.25) is 0 Å². The lowest BCUT2D eigenvalue weighted by Gasteiger charge is -2.37. The molecule has 3 heteroatoms. The van der Waals surface area contributed by atoms with Crippen molar-refractivity contribution in [2.24, 2.45) is 0 Å². The molecule has 1 N–H and O–H groups in total. The van der Waals surface area contributed by atoms with Gasteiger partial charge in [0.15, 0.2) is 0 Å². The van der Waals surface area contributed by atoms with Gasteiger partial charge < -0.3 is 9.84 Å². The number of hydrogen-bond acceptors (Lipinski definition) is 2. The van der Waals surface area contributed by atoms with E-state index in [1.165, 1.54) is 0 Å². The monoisotopic (exact) mass is 203 g/mol. The summed E-state index contributed by atoms with van der Waals surface area (Å²) in [6, 6.07) is 0. The molecule has 0 aromatic rings.